The van der Waals surface area contributed by atoms with Crippen molar-refractivity contribution in [2.75, 3.05) is 32.2 Å². The van der Waals surface area contributed by atoms with Gasteiger partial charge in [-0.15, -0.1) is 0 Å². The molecule has 0 amide bonds. The van der Waals surface area contributed by atoms with Gasteiger partial charge in [-0.25, -0.2) is 18.7 Å². The number of ether oxygens (including phenoxy) is 2. The van der Waals surface area contributed by atoms with E-state index in [1.807, 2.05) is 17.0 Å². The van der Waals surface area contributed by atoms with E-state index in [1.165, 1.54) is 0 Å². The molecule has 1 fully saturated rings. The normalized spacial score (nSPS) is 16.1. The zero-order valence-corrected chi connectivity index (χ0v) is 16.8. The first-order chi connectivity index (χ1) is 14.4. The molecule has 2 heterocycles. The lowest BCUT2D eigenvalue weighted by atomic mass is 9.84. The topological polar surface area (TPSA) is 67.7 Å². The lowest BCUT2D eigenvalue weighted by Gasteiger charge is -2.39. The van der Waals surface area contributed by atoms with Gasteiger partial charge in [0.1, 0.15) is 17.3 Å². The van der Waals surface area contributed by atoms with Gasteiger partial charge in [0, 0.05) is 24.5 Å². The zero-order chi connectivity index (χ0) is 21.3. The van der Waals surface area contributed by atoms with Crippen LogP contribution in [0, 0.1) is 0 Å². The molecule has 0 aliphatic carbocycles. The summed E-state index contributed by atoms with van der Waals surface area (Å²) in [5.41, 5.74) is 0.113. The number of halogens is 2. The summed E-state index contributed by atoms with van der Waals surface area (Å²) in [6.07, 6.45) is -1.93. The number of alkyl halides is 2. The van der Waals surface area contributed by atoms with Crippen molar-refractivity contribution < 1.29 is 23.4 Å². The molecule has 1 aromatic heterocycles. The molecule has 0 spiro atoms. The first-order valence-corrected chi connectivity index (χ1v) is 9.69. The van der Waals surface area contributed by atoms with Crippen molar-refractivity contribution >= 4 is 16.7 Å². The van der Waals surface area contributed by atoms with Crippen molar-refractivity contribution in [3.63, 3.8) is 0 Å². The predicted molar refractivity (Wildman–Crippen MR) is 109 cm³/mol. The number of anilines is 1. The van der Waals surface area contributed by atoms with Gasteiger partial charge >= 0.3 is 0 Å². The van der Waals surface area contributed by atoms with Gasteiger partial charge in [-0.1, -0.05) is 12.1 Å². The van der Waals surface area contributed by atoms with Crippen molar-refractivity contribution in [1.29, 1.82) is 0 Å². The molecule has 1 aliphatic heterocycles. The number of hydrogen-bond donors (Lipinski definition) is 1. The molecule has 1 saturated heterocycles. The van der Waals surface area contributed by atoms with Crippen LogP contribution in [0.4, 0.5) is 14.6 Å². The molecule has 0 bridgehead atoms. The lowest BCUT2D eigenvalue weighted by Crippen LogP contribution is -2.43. The molecular formula is C22H23F2N3O3. The molecule has 2 aromatic carbocycles. The first-order valence-electron chi connectivity index (χ1n) is 9.69. The average molecular weight is 415 g/mol. The smallest absolute Gasteiger partial charge is 0.297 e. The lowest BCUT2D eigenvalue weighted by molar-refractivity contribution is 0.0113. The SMILES string of the molecule is COc1cc(OC)cc(C2(O)CCN(c3nc(C(F)F)nc4ccccc34)CC2)c1. The molecule has 4 rings (SSSR count). The molecule has 0 atom stereocenters. The van der Waals surface area contributed by atoms with E-state index < -0.39 is 17.9 Å². The fourth-order valence-electron chi connectivity index (χ4n) is 3.87. The summed E-state index contributed by atoms with van der Waals surface area (Å²) >= 11 is 0. The number of hydrogen-bond acceptors (Lipinski definition) is 6. The number of aliphatic hydroxyl groups is 1. The molecular weight excluding hydrogens is 392 g/mol. The second-order valence-electron chi connectivity index (χ2n) is 7.34. The van der Waals surface area contributed by atoms with Gasteiger partial charge in [0.15, 0.2) is 5.82 Å². The van der Waals surface area contributed by atoms with E-state index in [-0.39, 0.29) is 0 Å². The first kappa shape index (κ1) is 20.3. The van der Waals surface area contributed by atoms with Gasteiger partial charge in [-0.3, -0.25) is 0 Å². The van der Waals surface area contributed by atoms with Gasteiger partial charge < -0.3 is 19.5 Å². The maximum absolute atomic E-state index is 13.3. The molecule has 0 radical (unpaired) electrons. The third-order valence-electron chi connectivity index (χ3n) is 5.57. The quantitative estimate of drug-likeness (QED) is 0.678. The minimum absolute atomic E-state index is 0.408. The fraction of sp³-hybridized carbons (Fsp3) is 0.364. The highest BCUT2D eigenvalue weighted by molar-refractivity contribution is 5.89. The predicted octanol–water partition coefficient (Wildman–Crippen LogP) is 4.07. The Bertz CT molecular complexity index is 1030. The standard InChI is InChI=1S/C22H23F2N3O3/c1-29-15-11-14(12-16(13-15)30-2)22(28)7-9-27(10-8-22)21-17-5-3-4-6-18(17)25-20(26-21)19(23)24/h3-6,11-13,19,28H,7-10H2,1-2H3. The Hall–Kier alpha value is -3.00. The van der Waals surface area contributed by atoms with Crippen LogP contribution in [0.15, 0.2) is 42.5 Å². The van der Waals surface area contributed by atoms with E-state index in [9.17, 15) is 13.9 Å². The van der Waals surface area contributed by atoms with Crippen LogP contribution >= 0.6 is 0 Å². The Morgan fingerprint density at radius 3 is 2.23 bits per heavy atom. The van der Waals surface area contributed by atoms with E-state index >= 15 is 0 Å². The van der Waals surface area contributed by atoms with E-state index in [1.54, 1.807) is 44.6 Å². The summed E-state index contributed by atoms with van der Waals surface area (Å²) in [6, 6.07) is 12.5. The third-order valence-corrected chi connectivity index (χ3v) is 5.57. The minimum atomic E-state index is -2.75. The Kier molecular flexibility index (Phi) is 5.42. The largest absolute Gasteiger partial charge is 0.497 e. The minimum Gasteiger partial charge on any atom is -0.497 e. The Balaban J connectivity index is 1.64. The summed E-state index contributed by atoms with van der Waals surface area (Å²) in [6.45, 7) is 0.916. The van der Waals surface area contributed by atoms with Crippen LogP contribution in [0.25, 0.3) is 10.9 Å². The van der Waals surface area contributed by atoms with Crippen LogP contribution in [0.3, 0.4) is 0 Å². The molecule has 8 heteroatoms. The third kappa shape index (κ3) is 3.75. The highest BCUT2D eigenvalue weighted by atomic mass is 19.3. The van der Waals surface area contributed by atoms with Gasteiger partial charge in [0.25, 0.3) is 6.43 Å². The van der Waals surface area contributed by atoms with Crippen molar-refractivity contribution in [2.45, 2.75) is 24.9 Å². The van der Waals surface area contributed by atoms with Gasteiger partial charge in [0.2, 0.25) is 0 Å². The van der Waals surface area contributed by atoms with Crippen molar-refractivity contribution in [3.8, 4) is 11.5 Å². The van der Waals surface area contributed by atoms with Crippen molar-refractivity contribution in [2.24, 2.45) is 0 Å². The van der Waals surface area contributed by atoms with Crippen LogP contribution in [-0.2, 0) is 5.60 Å². The number of methoxy groups -OCH3 is 2. The Morgan fingerprint density at radius 1 is 1.00 bits per heavy atom. The number of piperidine rings is 1. The van der Waals surface area contributed by atoms with Crippen LogP contribution in [0.1, 0.15) is 30.7 Å². The molecule has 158 valence electrons. The molecule has 30 heavy (non-hydrogen) atoms. The van der Waals surface area contributed by atoms with Crippen molar-refractivity contribution in [1.82, 2.24) is 9.97 Å². The summed E-state index contributed by atoms with van der Waals surface area (Å²) < 4.78 is 37.3. The van der Waals surface area contributed by atoms with Gasteiger partial charge in [0.05, 0.1) is 25.3 Å². The summed E-state index contributed by atoms with van der Waals surface area (Å²) in [5.74, 6) is 1.19. The second kappa shape index (κ2) is 8.02. The van der Waals surface area contributed by atoms with Crippen LogP contribution in [-0.4, -0.2) is 42.4 Å². The molecule has 6 nitrogen and oxygen atoms in total. The number of aromatic nitrogens is 2. The zero-order valence-electron chi connectivity index (χ0n) is 16.8. The van der Waals surface area contributed by atoms with Crippen LogP contribution in [0.2, 0.25) is 0 Å². The molecule has 1 N–H and O–H groups in total. The number of rotatable bonds is 5. The summed E-state index contributed by atoms with van der Waals surface area (Å²) in [5, 5.41) is 12.0. The monoisotopic (exact) mass is 415 g/mol. The van der Waals surface area contributed by atoms with Crippen molar-refractivity contribution in [3.05, 3.63) is 53.9 Å². The van der Waals surface area contributed by atoms with Crippen LogP contribution in [0.5, 0.6) is 11.5 Å². The number of benzene rings is 2. The molecule has 0 saturated carbocycles. The maximum atomic E-state index is 13.3. The van der Waals surface area contributed by atoms with Gasteiger partial charge in [-0.05, 0) is 42.7 Å². The highest BCUT2D eigenvalue weighted by Gasteiger charge is 2.36. The molecule has 1 aliphatic rings. The van der Waals surface area contributed by atoms with Crippen LogP contribution < -0.4 is 14.4 Å². The summed E-state index contributed by atoms with van der Waals surface area (Å²) in [4.78, 5) is 10.1. The Labute approximate surface area is 173 Å². The van der Waals surface area contributed by atoms with E-state index in [2.05, 4.69) is 9.97 Å². The molecule has 3 aromatic rings. The summed E-state index contributed by atoms with van der Waals surface area (Å²) in [7, 11) is 3.12. The number of fused-ring (bicyclic) bond motifs is 1. The van der Waals surface area contributed by atoms with E-state index in [0.717, 1.165) is 5.39 Å². The van der Waals surface area contributed by atoms with E-state index in [0.29, 0.717) is 54.3 Å². The highest BCUT2D eigenvalue weighted by Crippen LogP contribution is 2.39. The number of nitrogens with zero attached hydrogens (tertiary/aromatic N) is 3. The molecule has 0 unspecified atom stereocenters. The number of para-hydroxylation sites is 1. The van der Waals surface area contributed by atoms with E-state index in [4.69, 9.17) is 9.47 Å². The second-order valence-corrected chi connectivity index (χ2v) is 7.34. The Morgan fingerprint density at radius 2 is 1.63 bits per heavy atom. The fourth-order valence-corrected chi connectivity index (χ4v) is 3.87. The maximum Gasteiger partial charge on any atom is 0.297 e. The van der Waals surface area contributed by atoms with Gasteiger partial charge in [-0.2, -0.15) is 0 Å². The average Bonchev–Trinajstić information content (AvgIpc) is 2.78.